The fraction of sp³-hybridized carbons (Fsp3) is 0.308. The van der Waals surface area contributed by atoms with Gasteiger partial charge in [0.2, 0.25) is 0 Å². The number of carbonyl (C=O) groups is 2. The summed E-state index contributed by atoms with van der Waals surface area (Å²) in [5.74, 6) is 0.0323. The molecule has 0 unspecified atom stereocenters. The molecule has 0 saturated carbocycles. The molecule has 0 spiro atoms. The first-order valence-electron chi connectivity index (χ1n) is 10.3. The Morgan fingerprint density at radius 2 is 1.53 bits per heavy atom. The van der Waals surface area contributed by atoms with Crippen LogP contribution in [0.3, 0.4) is 0 Å². The van der Waals surface area contributed by atoms with Crippen molar-refractivity contribution >= 4 is 11.9 Å². The molecule has 0 fully saturated rings. The molecule has 0 heterocycles. The van der Waals surface area contributed by atoms with Gasteiger partial charge < -0.3 is 9.47 Å². The van der Waals surface area contributed by atoms with Crippen molar-refractivity contribution < 1.29 is 19.1 Å². The third-order valence-corrected chi connectivity index (χ3v) is 4.11. The van der Waals surface area contributed by atoms with Gasteiger partial charge in [-0.25, -0.2) is 9.59 Å². The molecule has 4 nitrogen and oxygen atoms in total. The van der Waals surface area contributed by atoms with E-state index in [9.17, 15) is 9.59 Å². The molecule has 0 aliphatic carbocycles. The molecule has 2 rings (SSSR count). The summed E-state index contributed by atoms with van der Waals surface area (Å²) in [6.07, 6.45) is 4.25. The molecule has 0 radical (unpaired) electrons. The van der Waals surface area contributed by atoms with Gasteiger partial charge >= 0.3 is 11.9 Å². The van der Waals surface area contributed by atoms with E-state index in [1.165, 1.54) is 0 Å². The standard InChI is InChI=1S/C24H26O4.C2H6/c1-6-19(10-7-16(2)3)23(25)28-22-14-13-21(15-18(22)5)27-24(26)20-11-8-17(4)9-12-20;1-2/h7-15H,6H2,1-5H3;1-2H3/b19-10+;. The molecule has 4 heteroatoms. The lowest BCUT2D eigenvalue weighted by atomic mass is 10.1. The lowest BCUT2D eigenvalue weighted by molar-refractivity contribution is -0.130. The SMILES string of the molecule is CC.CC/C(=C\C=C(C)C)C(=O)Oc1ccc(OC(=O)c2ccc(C)cc2)cc1C. The largest absolute Gasteiger partial charge is 0.423 e. The summed E-state index contributed by atoms with van der Waals surface area (Å²) >= 11 is 0. The van der Waals surface area contributed by atoms with Crippen LogP contribution >= 0.6 is 0 Å². The highest BCUT2D eigenvalue weighted by atomic mass is 16.5. The zero-order valence-corrected chi connectivity index (χ0v) is 19.0. The monoisotopic (exact) mass is 408 g/mol. The smallest absolute Gasteiger partial charge is 0.343 e. The van der Waals surface area contributed by atoms with Crippen molar-refractivity contribution in [2.75, 3.05) is 0 Å². The number of benzene rings is 2. The van der Waals surface area contributed by atoms with Crippen molar-refractivity contribution in [3.05, 3.63) is 82.5 Å². The molecule has 0 amide bonds. The van der Waals surface area contributed by atoms with Crippen molar-refractivity contribution in [3.63, 3.8) is 0 Å². The van der Waals surface area contributed by atoms with E-state index in [1.54, 1.807) is 43.3 Å². The van der Waals surface area contributed by atoms with Crippen LogP contribution in [-0.2, 0) is 4.79 Å². The Kier molecular flexibility index (Phi) is 10.3. The van der Waals surface area contributed by atoms with Crippen LogP contribution in [0.15, 0.2) is 65.8 Å². The van der Waals surface area contributed by atoms with Crippen molar-refractivity contribution in [1.29, 1.82) is 0 Å². The van der Waals surface area contributed by atoms with Gasteiger partial charge in [0.15, 0.2) is 0 Å². The predicted molar refractivity (Wildman–Crippen MR) is 122 cm³/mol. The summed E-state index contributed by atoms with van der Waals surface area (Å²) in [7, 11) is 0. The van der Waals surface area contributed by atoms with Gasteiger partial charge in [0.05, 0.1) is 5.56 Å². The Bertz CT molecular complexity index is 915. The van der Waals surface area contributed by atoms with E-state index >= 15 is 0 Å². The number of allylic oxidation sites excluding steroid dienone is 3. The van der Waals surface area contributed by atoms with Gasteiger partial charge in [0, 0.05) is 5.57 Å². The Balaban J connectivity index is 0.00000218. The first kappa shape index (κ1) is 24.9. The molecule has 160 valence electrons. The maximum atomic E-state index is 12.4. The molecular formula is C26H32O4. The van der Waals surface area contributed by atoms with Crippen molar-refractivity contribution in [2.24, 2.45) is 0 Å². The second-order valence-corrected chi connectivity index (χ2v) is 6.86. The minimum atomic E-state index is -0.429. The predicted octanol–water partition coefficient (Wildman–Crippen LogP) is 6.76. The molecule has 2 aromatic rings. The average Bonchev–Trinajstić information content (AvgIpc) is 2.72. The van der Waals surface area contributed by atoms with E-state index in [-0.39, 0.29) is 5.97 Å². The van der Waals surface area contributed by atoms with Gasteiger partial charge in [-0.3, -0.25) is 0 Å². The van der Waals surface area contributed by atoms with Gasteiger partial charge in [-0.15, -0.1) is 0 Å². The number of aryl methyl sites for hydroxylation is 2. The van der Waals surface area contributed by atoms with Crippen LogP contribution < -0.4 is 9.47 Å². The van der Waals surface area contributed by atoms with Gasteiger partial charge in [0.1, 0.15) is 11.5 Å². The number of hydrogen-bond donors (Lipinski definition) is 0. The maximum absolute atomic E-state index is 12.4. The van der Waals surface area contributed by atoms with E-state index in [4.69, 9.17) is 9.47 Å². The Morgan fingerprint density at radius 3 is 2.07 bits per heavy atom. The van der Waals surface area contributed by atoms with Crippen LogP contribution in [0.1, 0.15) is 62.5 Å². The minimum absolute atomic E-state index is 0.382. The van der Waals surface area contributed by atoms with Crippen molar-refractivity contribution in [1.82, 2.24) is 0 Å². The fourth-order valence-corrected chi connectivity index (χ4v) is 2.42. The van der Waals surface area contributed by atoms with Gasteiger partial charge in [-0.2, -0.15) is 0 Å². The number of esters is 2. The Morgan fingerprint density at radius 1 is 0.900 bits per heavy atom. The highest BCUT2D eigenvalue weighted by Gasteiger charge is 2.13. The second-order valence-electron chi connectivity index (χ2n) is 6.86. The third-order valence-electron chi connectivity index (χ3n) is 4.11. The topological polar surface area (TPSA) is 52.6 Å². The summed E-state index contributed by atoms with van der Waals surface area (Å²) in [6.45, 7) is 13.6. The van der Waals surface area contributed by atoms with Gasteiger partial charge in [-0.1, -0.05) is 56.2 Å². The maximum Gasteiger partial charge on any atom is 0.343 e. The van der Waals surface area contributed by atoms with Gasteiger partial charge in [-0.05, 0) is 70.0 Å². The van der Waals surface area contributed by atoms with Crippen molar-refractivity contribution in [3.8, 4) is 11.5 Å². The molecule has 0 bridgehead atoms. The highest BCUT2D eigenvalue weighted by Crippen LogP contribution is 2.25. The number of carbonyl (C=O) groups excluding carboxylic acids is 2. The van der Waals surface area contributed by atoms with Crippen LogP contribution in [0.4, 0.5) is 0 Å². The van der Waals surface area contributed by atoms with Crippen molar-refractivity contribution in [2.45, 2.75) is 54.9 Å². The quantitative estimate of drug-likeness (QED) is 0.229. The lowest BCUT2D eigenvalue weighted by Crippen LogP contribution is -2.12. The summed E-state index contributed by atoms with van der Waals surface area (Å²) in [5, 5.41) is 0. The minimum Gasteiger partial charge on any atom is -0.423 e. The highest BCUT2D eigenvalue weighted by molar-refractivity contribution is 5.91. The average molecular weight is 409 g/mol. The molecule has 0 atom stereocenters. The van der Waals surface area contributed by atoms with E-state index < -0.39 is 5.97 Å². The number of rotatable bonds is 6. The van der Waals surface area contributed by atoms with Crippen LogP contribution in [0.2, 0.25) is 0 Å². The van der Waals surface area contributed by atoms with E-state index in [2.05, 4.69) is 0 Å². The summed E-state index contributed by atoms with van der Waals surface area (Å²) in [5.41, 5.74) is 3.96. The molecule has 0 aliphatic heterocycles. The molecule has 30 heavy (non-hydrogen) atoms. The van der Waals surface area contributed by atoms with Crippen LogP contribution in [-0.4, -0.2) is 11.9 Å². The zero-order valence-electron chi connectivity index (χ0n) is 19.0. The third kappa shape index (κ3) is 7.70. The molecule has 0 aliphatic rings. The summed E-state index contributed by atoms with van der Waals surface area (Å²) in [4.78, 5) is 24.6. The fourth-order valence-electron chi connectivity index (χ4n) is 2.42. The second kappa shape index (κ2) is 12.4. The molecule has 0 aromatic heterocycles. The van der Waals surface area contributed by atoms with Crippen LogP contribution in [0, 0.1) is 13.8 Å². The molecule has 0 N–H and O–H groups in total. The van der Waals surface area contributed by atoms with Crippen LogP contribution in [0.5, 0.6) is 11.5 Å². The van der Waals surface area contributed by atoms with E-state index in [0.717, 1.165) is 11.1 Å². The molecular weight excluding hydrogens is 376 g/mol. The Hall–Kier alpha value is -3.14. The molecule has 2 aromatic carbocycles. The normalized spacial score (nSPS) is 10.4. The first-order valence-corrected chi connectivity index (χ1v) is 10.3. The zero-order chi connectivity index (χ0) is 22.7. The number of ether oxygens (including phenoxy) is 2. The van der Waals surface area contributed by atoms with Gasteiger partial charge in [0.25, 0.3) is 0 Å². The lowest BCUT2D eigenvalue weighted by Gasteiger charge is -2.11. The summed E-state index contributed by atoms with van der Waals surface area (Å²) in [6, 6.07) is 12.1. The summed E-state index contributed by atoms with van der Waals surface area (Å²) < 4.78 is 10.9. The first-order chi connectivity index (χ1) is 14.3. The van der Waals surface area contributed by atoms with E-state index in [1.807, 2.05) is 59.8 Å². The Labute approximate surface area is 180 Å². The van der Waals surface area contributed by atoms with E-state index in [0.29, 0.717) is 34.6 Å². The number of hydrogen-bond acceptors (Lipinski definition) is 4. The van der Waals surface area contributed by atoms with Crippen LogP contribution in [0.25, 0.3) is 0 Å². The molecule has 0 saturated heterocycles.